The molecule has 110 valence electrons. The van der Waals surface area contributed by atoms with E-state index in [1.165, 1.54) is 21.7 Å². The number of imidazole rings is 1. The van der Waals surface area contributed by atoms with Gasteiger partial charge in [0.15, 0.2) is 0 Å². The minimum Gasteiger partial charge on any atom is -0.496 e. The van der Waals surface area contributed by atoms with Gasteiger partial charge in [0.1, 0.15) is 11.4 Å². The van der Waals surface area contributed by atoms with Crippen molar-refractivity contribution in [1.82, 2.24) is 9.55 Å². The molecule has 3 aromatic rings. The Labute approximate surface area is 133 Å². The van der Waals surface area contributed by atoms with Crippen LogP contribution in [0.25, 0.3) is 27.9 Å². The van der Waals surface area contributed by atoms with E-state index in [2.05, 4.69) is 45.8 Å². The molecule has 0 N–H and O–H groups in total. The predicted molar refractivity (Wildman–Crippen MR) is 91.3 cm³/mol. The summed E-state index contributed by atoms with van der Waals surface area (Å²) in [6, 6.07) is 8.50. The van der Waals surface area contributed by atoms with E-state index in [1.54, 1.807) is 18.4 Å². The second-order valence-electron chi connectivity index (χ2n) is 5.32. The molecule has 1 aromatic carbocycles. The van der Waals surface area contributed by atoms with Crippen LogP contribution in [0.4, 0.5) is 0 Å². The van der Waals surface area contributed by atoms with Crippen molar-refractivity contribution in [2.45, 2.75) is 13.0 Å². The Bertz CT molecular complexity index is 846. The van der Waals surface area contributed by atoms with E-state index in [4.69, 9.17) is 4.74 Å². The molecule has 4 heteroatoms. The summed E-state index contributed by atoms with van der Waals surface area (Å²) < 4.78 is 7.73. The van der Waals surface area contributed by atoms with Gasteiger partial charge in [-0.25, -0.2) is 4.98 Å². The van der Waals surface area contributed by atoms with Gasteiger partial charge in [0.05, 0.1) is 24.0 Å². The first-order valence-corrected chi connectivity index (χ1v) is 8.12. The quantitative estimate of drug-likeness (QED) is 0.713. The molecule has 0 spiro atoms. The van der Waals surface area contributed by atoms with Crippen LogP contribution in [-0.2, 0) is 13.0 Å². The van der Waals surface area contributed by atoms with E-state index in [0.717, 1.165) is 30.0 Å². The predicted octanol–water partition coefficient (Wildman–Crippen LogP) is 4.49. The number of hydrogen-bond donors (Lipinski definition) is 0. The summed E-state index contributed by atoms with van der Waals surface area (Å²) in [7, 11) is 1.71. The van der Waals surface area contributed by atoms with E-state index in [9.17, 15) is 0 Å². The van der Waals surface area contributed by atoms with E-state index < -0.39 is 0 Å². The Kier molecular flexibility index (Phi) is 3.12. The van der Waals surface area contributed by atoms with Crippen molar-refractivity contribution in [2.24, 2.45) is 0 Å². The minimum absolute atomic E-state index is 0.888. The maximum absolute atomic E-state index is 5.48. The molecule has 2 aromatic heterocycles. The van der Waals surface area contributed by atoms with Crippen LogP contribution in [-0.4, -0.2) is 16.7 Å². The topological polar surface area (TPSA) is 27.1 Å². The number of hydrogen-bond acceptors (Lipinski definition) is 3. The van der Waals surface area contributed by atoms with E-state index in [0.29, 0.717) is 0 Å². The number of nitrogens with zero attached hydrogens (tertiary/aromatic N) is 2. The third-order valence-electron chi connectivity index (χ3n) is 4.14. The zero-order valence-electron chi connectivity index (χ0n) is 12.4. The highest BCUT2D eigenvalue weighted by molar-refractivity contribution is 7.13. The first-order valence-electron chi connectivity index (χ1n) is 7.24. The van der Waals surface area contributed by atoms with Gasteiger partial charge in [0.25, 0.3) is 0 Å². The molecular formula is C18H16N2OS. The number of fused-ring (bicyclic) bond motifs is 3. The zero-order valence-corrected chi connectivity index (χ0v) is 13.2. The summed E-state index contributed by atoms with van der Waals surface area (Å²) in [5, 5.41) is 2.09. The standard InChI is InChI=1S/C18H16N2OS/c1-3-12-9-14-13(10-15(12)21-2)6-7-20-11-19-17(18(14)20)16-5-4-8-22-16/h3-5,8-11H,1,6-7H2,2H3. The van der Waals surface area contributed by atoms with Crippen LogP contribution in [0.1, 0.15) is 11.1 Å². The molecule has 0 aliphatic carbocycles. The lowest BCUT2D eigenvalue weighted by Crippen LogP contribution is -2.10. The highest BCUT2D eigenvalue weighted by Gasteiger charge is 2.23. The summed E-state index contributed by atoms with van der Waals surface area (Å²) in [4.78, 5) is 5.86. The van der Waals surface area contributed by atoms with Crippen molar-refractivity contribution in [2.75, 3.05) is 7.11 Å². The van der Waals surface area contributed by atoms with Gasteiger partial charge in [-0.3, -0.25) is 0 Å². The Morgan fingerprint density at radius 1 is 1.41 bits per heavy atom. The summed E-state index contributed by atoms with van der Waals surface area (Å²) >= 11 is 1.73. The Hall–Kier alpha value is -2.33. The number of aryl methyl sites for hydroxylation is 2. The van der Waals surface area contributed by atoms with Crippen molar-refractivity contribution >= 4 is 17.4 Å². The molecule has 0 fully saturated rings. The highest BCUT2D eigenvalue weighted by atomic mass is 32.1. The van der Waals surface area contributed by atoms with E-state index in [1.807, 2.05) is 12.4 Å². The zero-order chi connectivity index (χ0) is 15.1. The average molecular weight is 308 g/mol. The van der Waals surface area contributed by atoms with Crippen LogP contribution in [0.15, 0.2) is 42.6 Å². The van der Waals surface area contributed by atoms with Crippen molar-refractivity contribution in [3.63, 3.8) is 0 Å². The first-order chi connectivity index (χ1) is 10.8. The molecule has 1 aliphatic rings. The van der Waals surface area contributed by atoms with Gasteiger partial charge in [-0.1, -0.05) is 18.7 Å². The molecule has 3 heterocycles. The fourth-order valence-corrected chi connectivity index (χ4v) is 3.79. The van der Waals surface area contributed by atoms with Gasteiger partial charge in [-0.05, 0) is 35.6 Å². The Morgan fingerprint density at radius 3 is 3.05 bits per heavy atom. The molecule has 0 radical (unpaired) electrons. The van der Waals surface area contributed by atoms with Gasteiger partial charge >= 0.3 is 0 Å². The average Bonchev–Trinajstić information content (AvgIpc) is 3.21. The second-order valence-corrected chi connectivity index (χ2v) is 6.27. The maximum Gasteiger partial charge on any atom is 0.126 e. The van der Waals surface area contributed by atoms with Gasteiger partial charge in [0.2, 0.25) is 0 Å². The lowest BCUT2D eigenvalue weighted by Gasteiger charge is -2.21. The lowest BCUT2D eigenvalue weighted by atomic mass is 9.94. The van der Waals surface area contributed by atoms with Crippen molar-refractivity contribution in [1.29, 1.82) is 0 Å². The SMILES string of the molecule is C=Cc1cc2c(cc1OC)CCn1cnc(-c3cccs3)c1-2. The normalized spacial score (nSPS) is 12.6. The summed E-state index contributed by atoms with van der Waals surface area (Å²) in [5.41, 5.74) is 5.84. The molecule has 0 bridgehead atoms. The fraction of sp³-hybridized carbons (Fsp3) is 0.167. The third kappa shape index (κ3) is 1.91. The molecular weight excluding hydrogens is 292 g/mol. The van der Waals surface area contributed by atoms with Crippen molar-refractivity contribution < 1.29 is 4.74 Å². The van der Waals surface area contributed by atoms with Gasteiger partial charge < -0.3 is 9.30 Å². The van der Waals surface area contributed by atoms with Crippen LogP contribution in [0, 0.1) is 0 Å². The summed E-state index contributed by atoms with van der Waals surface area (Å²) in [6.07, 6.45) is 4.79. The Balaban J connectivity index is 1.97. The van der Waals surface area contributed by atoms with Crippen LogP contribution >= 0.6 is 11.3 Å². The second kappa shape index (κ2) is 5.14. The van der Waals surface area contributed by atoms with E-state index >= 15 is 0 Å². The monoisotopic (exact) mass is 308 g/mol. The van der Waals surface area contributed by atoms with Crippen LogP contribution in [0.2, 0.25) is 0 Å². The van der Waals surface area contributed by atoms with Crippen LogP contribution in [0.5, 0.6) is 5.75 Å². The highest BCUT2D eigenvalue weighted by Crippen LogP contribution is 2.40. The number of methoxy groups -OCH3 is 1. The third-order valence-corrected chi connectivity index (χ3v) is 5.02. The molecule has 0 saturated carbocycles. The Morgan fingerprint density at radius 2 is 2.32 bits per heavy atom. The minimum atomic E-state index is 0.888. The number of ether oxygens (including phenoxy) is 1. The maximum atomic E-state index is 5.48. The number of benzene rings is 1. The van der Waals surface area contributed by atoms with Gasteiger partial charge in [0, 0.05) is 17.7 Å². The number of thiophene rings is 1. The first kappa shape index (κ1) is 13.3. The fourth-order valence-electron chi connectivity index (χ4n) is 3.07. The summed E-state index contributed by atoms with van der Waals surface area (Å²) in [5.74, 6) is 0.888. The van der Waals surface area contributed by atoms with Crippen LogP contribution in [0.3, 0.4) is 0 Å². The largest absolute Gasteiger partial charge is 0.496 e. The smallest absolute Gasteiger partial charge is 0.126 e. The van der Waals surface area contributed by atoms with Crippen molar-refractivity contribution in [3.05, 3.63) is 53.7 Å². The van der Waals surface area contributed by atoms with Gasteiger partial charge in [-0.15, -0.1) is 11.3 Å². The molecule has 0 amide bonds. The molecule has 3 nitrogen and oxygen atoms in total. The molecule has 0 unspecified atom stereocenters. The van der Waals surface area contributed by atoms with Crippen LogP contribution < -0.4 is 4.74 Å². The van der Waals surface area contributed by atoms with E-state index in [-0.39, 0.29) is 0 Å². The molecule has 4 rings (SSSR count). The lowest BCUT2D eigenvalue weighted by molar-refractivity contribution is 0.413. The number of rotatable bonds is 3. The molecule has 22 heavy (non-hydrogen) atoms. The summed E-state index contributed by atoms with van der Waals surface area (Å²) in [6.45, 7) is 4.86. The number of aromatic nitrogens is 2. The van der Waals surface area contributed by atoms with Crippen molar-refractivity contribution in [3.8, 4) is 27.6 Å². The van der Waals surface area contributed by atoms with Gasteiger partial charge in [-0.2, -0.15) is 0 Å². The molecule has 0 saturated heterocycles. The molecule has 1 aliphatic heterocycles. The molecule has 0 atom stereocenters.